The zero-order valence-corrected chi connectivity index (χ0v) is 13.8. The van der Waals surface area contributed by atoms with Crippen LogP contribution in [-0.2, 0) is 4.79 Å². The van der Waals surface area contributed by atoms with Gasteiger partial charge in [-0.25, -0.2) is 0 Å². The van der Waals surface area contributed by atoms with E-state index in [-0.39, 0.29) is 11.7 Å². The zero-order valence-electron chi connectivity index (χ0n) is 13.8. The Kier molecular flexibility index (Phi) is 6.90. The highest BCUT2D eigenvalue weighted by atomic mass is 19.3. The summed E-state index contributed by atoms with van der Waals surface area (Å²) in [5.41, 5.74) is -0.415. The minimum Gasteiger partial charge on any atom is -0.435 e. The molecule has 1 atom stereocenters. The second-order valence-corrected chi connectivity index (χ2v) is 5.94. The van der Waals surface area contributed by atoms with Crippen LogP contribution in [0.25, 0.3) is 0 Å². The third-order valence-electron chi connectivity index (χ3n) is 3.27. The van der Waals surface area contributed by atoms with Crippen LogP contribution in [0, 0.1) is 0 Å². The van der Waals surface area contributed by atoms with Crippen molar-refractivity contribution in [3.63, 3.8) is 0 Å². The predicted octanol–water partition coefficient (Wildman–Crippen LogP) is 2.71. The summed E-state index contributed by atoms with van der Waals surface area (Å²) >= 11 is 0. The summed E-state index contributed by atoms with van der Waals surface area (Å²) in [4.78, 5) is 14.1. The first-order valence-corrected chi connectivity index (χ1v) is 7.44. The van der Waals surface area contributed by atoms with Gasteiger partial charge in [0.1, 0.15) is 5.75 Å². The minimum absolute atomic E-state index is 0.0308. The fraction of sp³-hybridized carbons (Fsp3) is 0.562. The maximum Gasteiger partial charge on any atom is 0.387 e. The number of hydrogen-bond donors (Lipinski definition) is 2. The van der Waals surface area contributed by atoms with E-state index in [1.807, 2.05) is 11.8 Å². The Morgan fingerprint density at radius 2 is 1.91 bits per heavy atom. The van der Waals surface area contributed by atoms with Crippen LogP contribution < -0.4 is 10.1 Å². The first-order valence-electron chi connectivity index (χ1n) is 7.44. The summed E-state index contributed by atoms with van der Waals surface area (Å²) in [7, 11) is 0. The Labute approximate surface area is 135 Å². The number of hydrogen-bond acceptors (Lipinski definition) is 4. The van der Waals surface area contributed by atoms with Crippen molar-refractivity contribution in [2.75, 3.05) is 18.4 Å². The van der Waals surface area contributed by atoms with Gasteiger partial charge >= 0.3 is 6.61 Å². The van der Waals surface area contributed by atoms with Crippen molar-refractivity contribution < 1.29 is 23.4 Å². The number of carbonyl (C=O) groups is 1. The van der Waals surface area contributed by atoms with Gasteiger partial charge in [-0.05, 0) is 51.6 Å². The van der Waals surface area contributed by atoms with Crippen LogP contribution in [0.3, 0.4) is 0 Å². The maximum atomic E-state index is 12.3. The second kappa shape index (κ2) is 8.21. The molecule has 23 heavy (non-hydrogen) atoms. The number of alkyl halides is 2. The molecule has 1 unspecified atom stereocenters. The number of amides is 1. The number of ether oxygens (including phenoxy) is 1. The van der Waals surface area contributed by atoms with Gasteiger partial charge in [0, 0.05) is 12.2 Å². The highest BCUT2D eigenvalue weighted by Gasteiger charge is 2.25. The number of anilines is 1. The van der Waals surface area contributed by atoms with Gasteiger partial charge in [0.25, 0.3) is 0 Å². The molecular formula is C16H24F2N2O3. The average molecular weight is 330 g/mol. The molecule has 130 valence electrons. The van der Waals surface area contributed by atoms with E-state index < -0.39 is 18.3 Å². The third-order valence-corrected chi connectivity index (χ3v) is 3.27. The van der Waals surface area contributed by atoms with Gasteiger partial charge in [-0.3, -0.25) is 9.69 Å². The molecule has 0 fully saturated rings. The molecule has 0 bridgehead atoms. The second-order valence-electron chi connectivity index (χ2n) is 5.94. The van der Waals surface area contributed by atoms with Gasteiger partial charge in [-0.2, -0.15) is 8.78 Å². The Morgan fingerprint density at radius 1 is 1.35 bits per heavy atom. The lowest BCUT2D eigenvalue weighted by molar-refractivity contribution is -0.121. The Morgan fingerprint density at radius 3 is 2.35 bits per heavy atom. The van der Waals surface area contributed by atoms with Crippen LogP contribution in [-0.4, -0.2) is 47.3 Å². The average Bonchev–Trinajstić information content (AvgIpc) is 2.44. The third kappa shape index (κ3) is 6.92. The van der Waals surface area contributed by atoms with Crippen molar-refractivity contribution in [3.8, 4) is 5.75 Å². The van der Waals surface area contributed by atoms with Crippen molar-refractivity contribution in [3.05, 3.63) is 24.3 Å². The molecule has 1 rings (SSSR count). The van der Waals surface area contributed by atoms with E-state index >= 15 is 0 Å². The summed E-state index contributed by atoms with van der Waals surface area (Å²) in [5, 5.41) is 12.6. The molecule has 0 radical (unpaired) electrons. The summed E-state index contributed by atoms with van der Waals surface area (Å²) in [6.07, 6.45) is 0. The molecule has 1 aromatic carbocycles. The molecule has 1 aromatic rings. The molecule has 0 saturated heterocycles. The van der Waals surface area contributed by atoms with Crippen molar-refractivity contribution in [1.82, 2.24) is 4.90 Å². The lowest BCUT2D eigenvalue weighted by atomic mass is 10.1. The molecule has 0 aliphatic carbocycles. The molecular weight excluding hydrogens is 306 g/mol. The van der Waals surface area contributed by atoms with Gasteiger partial charge in [-0.1, -0.05) is 6.92 Å². The molecule has 5 nitrogen and oxygen atoms in total. The zero-order chi connectivity index (χ0) is 17.6. The van der Waals surface area contributed by atoms with Gasteiger partial charge in [-0.15, -0.1) is 0 Å². The van der Waals surface area contributed by atoms with Crippen molar-refractivity contribution >= 4 is 11.6 Å². The van der Waals surface area contributed by atoms with Crippen LogP contribution in [0.5, 0.6) is 5.75 Å². The Bertz CT molecular complexity index is 501. The number of likely N-dealkylation sites (N-methyl/N-ethyl adjacent to an activating group) is 1. The number of nitrogens with one attached hydrogen (secondary N) is 1. The van der Waals surface area contributed by atoms with E-state index in [1.54, 1.807) is 20.8 Å². The van der Waals surface area contributed by atoms with Gasteiger partial charge in [0.05, 0.1) is 11.6 Å². The van der Waals surface area contributed by atoms with E-state index in [0.29, 0.717) is 18.8 Å². The van der Waals surface area contributed by atoms with Crippen LogP contribution in [0.2, 0.25) is 0 Å². The normalized spacial score (nSPS) is 13.3. The number of nitrogens with zero attached hydrogens (tertiary/aromatic N) is 1. The van der Waals surface area contributed by atoms with Crippen molar-refractivity contribution in [1.29, 1.82) is 0 Å². The standard InChI is InChI=1S/C16H24F2N2O3/c1-5-20(10-16(3,4)22)11(2)14(21)19-12-6-8-13(9-7-12)23-15(17)18/h6-9,11,15,22H,5,10H2,1-4H3,(H,19,21). The quantitative estimate of drug-likeness (QED) is 0.769. The lowest BCUT2D eigenvalue weighted by Crippen LogP contribution is -2.48. The molecule has 0 aromatic heterocycles. The van der Waals surface area contributed by atoms with E-state index in [4.69, 9.17) is 0 Å². The molecule has 0 spiro atoms. The monoisotopic (exact) mass is 330 g/mol. The van der Waals surface area contributed by atoms with E-state index in [9.17, 15) is 18.7 Å². The number of halogens is 2. The summed E-state index contributed by atoms with van der Waals surface area (Å²) in [6.45, 7) is 5.11. The van der Waals surface area contributed by atoms with Crippen LogP contribution in [0.4, 0.5) is 14.5 Å². The molecule has 1 amide bonds. The summed E-state index contributed by atoms with van der Waals surface area (Å²) < 4.78 is 28.4. The van der Waals surface area contributed by atoms with Gasteiger partial charge in [0.2, 0.25) is 5.91 Å². The van der Waals surface area contributed by atoms with Crippen molar-refractivity contribution in [2.45, 2.75) is 45.9 Å². The maximum absolute atomic E-state index is 12.3. The Hall–Kier alpha value is -1.73. The fourth-order valence-electron chi connectivity index (χ4n) is 2.15. The van der Waals surface area contributed by atoms with Gasteiger partial charge < -0.3 is 15.2 Å². The number of benzene rings is 1. The smallest absolute Gasteiger partial charge is 0.387 e. The molecule has 0 saturated carbocycles. The molecule has 0 heterocycles. The van der Waals surface area contributed by atoms with Gasteiger partial charge in [0.15, 0.2) is 0 Å². The fourth-order valence-corrected chi connectivity index (χ4v) is 2.15. The van der Waals surface area contributed by atoms with Crippen molar-refractivity contribution in [2.24, 2.45) is 0 Å². The summed E-state index contributed by atoms with van der Waals surface area (Å²) in [6, 6.07) is 5.27. The molecule has 0 aliphatic heterocycles. The van der Waals surface area contributed by atoms with E-state index in [2.05, 4.69) is 10.1 Å². The Balaban J connectivity index is 2.66. The summed E-state index contributed by atoms with van der Waals surface area (Å²) in [5.74, 6) is -0.207. The largest absolute Gasteiger partial charge is 0.435 e. The van der Waals surface area contributed by atoms with E-state index in [0.717, 1.165) is 0 Å². The highest BCUT2D eigenvalue weighted by Crippen LogP contribution is 2.18. The SMILES string of the molecule is CCN(CC(C)(C)O)C(C)C(=O)Nc1ccc(OC(F)F)cc1. The molecule has 2 N–H and O–H groups in total. The molecule has 0 aliphatic rings. The minimum atomic E-state index is -2.88. The number of carbonyl (C=O) groups excluding carboxylic acids is 1. The lowest BCUT2D eigenvalue weighted by Gasteiger charge is -2.32. The van der Waals surface area contributed by atoms with Crippen LogP contribution in [0.15, 0.2) is 24.3 Å². The molecule has 7 heteroatoms. The predicted molar refractivity (Wildman–Crippen MR) is 84.7 cm³/mol. The van der Waals surface area contributed by atoms with Crippen LogP contribution in [0.1, 0.15) is 27.7 Å². The highest BCUT2D eigenvalue weighted by molar-refractivity contribution is 5.94. The first kappa shape index (κ1) is 19.3. The topological polar surface area (TPSA) is 61.8 Å². The first-order chi connectivity index (χ1) is 10.6. The number of aliphatic hydroxyl groups is 1. The van der Waals surface area contributed by atoms with E-state index in [1.165, 1.54) is 24.3 Å². The van der Waals surface area contributed by atoms with Crippen LogP contribution >= 0.6 is 0 Å². The number of rotatable bonds is 8.